The Labute approximate surface area is 56.2 Å². The Kier molecular flexibility index (Phi) is 4.10. The van der Waals surface area contributed by atoms with Crippen LogP contribution in [0.3, 0.4) is 0 Å². The second-order valence-corrected chi connectivity index (χ2v) is 1.86. The summed E-state index contributed by atoms with van der Waals surface area (Å²) in [5.74, 6) is -0.215. The lowest BCUT2D eigenvalue weighted by molar-refractivity contribution is -0.145. The van der Waals surface area contributed by atoms with Crippen LogP contribution in [0.25, 0.3) is 0 Å². The largest absolute Gasteiger partial charge is 0.462 e. The van der Waals surface area contributed by atoms with Gasteiger partial charge in [-0.15, -0.1) is 0 Å². The molecule has 0 aromatic rings. The van der Waals surface area contributed by atoms with Gasteiger partial charge < -0.3 is 4.74 Å². The van der Waals surface area contributed by atoms with Crippen molar-refractivity contribution < 1.29 is 9.53 Å². The van der Waals surface area contributed by atoms with Gasteiger partial charge in [-0.3, -0.25) is 4.79 Å². The third kappa shape index (κ3) is 5.34. The molecule has 0 saturated heterocycles. The summed E-state index contributed by atoms with van der Waals surface area (Å²) in [6.45, 7) is 8.73. The Hall–Kier alpha value is -0.530. The zero-order chi connectivity index (χ0) is 7.28. The molecule has 0 atom stereocenters. The summed E-state index contributed by atoms with van der Waals surface area (Å²) >= 11 is 0. The minimum absolute atomic E-state index is 0.215. The number of ether oxygens (including phenoxy) is 1. The van der Waals surface area contributed by atoms with E-state index < -0.39 is 6.10 Å². The molecule has 0 aromatic heterocycles. The number of hydrogen-bond acceptors (Lipinski definition) is 2. The van der Waals surface area contributed by atoms with E-state index in [-0.39, 0.29) is 5.97 Å². The van der Waals surface area contributed by atoms with Crippen molar-refractivity contribution >= 4 is 5.97 Å². The molecular formula is C7H12O2. The normalized spacial score (nSPS) is 9.78. The summed E-state index contributed by atoms with van der Waals surface area (Å²) in [5.41, 5.74) is 0. The Morgan fingerprint density at radius 3 is 2.56 bits per heavy atom. The van der Waals surface area contributed by atoms with Gasteiger partial charge in [-0.2, -0.15) is 0 Å². The lowest BCUT2D eigenvalue weighted by Gasteiger charge is -2.05. The highest BCUT2D eigenvalue weighted by Gasteiger charge is 2.01. The van der Waals surface area contributed by atoms with Gasteiger partial charge in [-0.05, 0) is 20.3 Å². The van der Waals surface area contributed by atoms with Crippen molar-refractivity contribution in [2.75, 3.05) is 0 Å². The van der Waals surface area contributed by atoms with Crippen LogP contribution in [-0.2, 0) is 9.53 Å². The Balaban J connectivity index is 3.27. The SMILES string of the molecule is [CH2]C([CH2])OC(=O)CCC. The van der Waals surface area contributed by atoms with Crippen molar-refractivity contribution in [2.24, 2.45) is 0 Å². The standard InChI is InChI=1S/C7H12O2/c1-4-5-7(8)9-6(2)3/h6H,2-5H2,1H3. The average molecular weight is 128 g/mol. The molecule has 0 aromatic carbocycles. The Bertz CT molecular complexity index is 86.9. The van der Waals surface area contributed by atoms with Gasteiger partial charge in [0.15, 0.2) is 0 Å². The first-order valence-corrected chi connectivity index (χ1v) is 3.02. The molecular weight excluding hydrogens is 116 g/mol. The summed E-state index contributed by atoms with van der Waals surface area (Å²) in [6.07, 6.45) is 0.802. The van der Waals surface area contributed by atoms with Crippen LogP contribution >= 0.6 is 0 Å². The molecule has 0 aliphatic rings. The number of carbonyl (C=O) groups excluding carboxylic acids is 1. The quantitative estimate of drug-likeness (QED) is 0.536. The third-order valence-electron chi connectivity index (χ3n) is 0.752. The average Bonchev–Trinajstić information content (AvgIpc) is 1.63. The van der Waals surface area contributed by atoms with E-state index in [2.05, 4.69) is 18.6 Å². The van der Waals surface area contributed by atoms with E-state index in [0.29, 0.717) is 6.42 Å². The van der Waals surface area contributed by atoms with Crippen LogP contribution < -0.4 is 0 Å². The molecule has 2 heteroatoms. The molecule has 0 N–H and O–H groups in total. The summed E-state index contributed by atoms with van der Waals surface area (Å²) in [4.78, 5) is 10.6. The molecule has 0 saturated carbocycles. The van der Waals surface area contributed by atoms with Gasteiger partial charge >= 0.3 is 5.97 Å². The number of esters is 1. The summed E-state index contributed by atoms with van der Waals surface area (Å²) in [6, 6.07) is 0. The molecule has 0 aliphatic heterocycles. The van der Waals surface area contributed by atoms with Gasteiger partial charge in [-0.1, -0.05) is 6.92 Å². The monoisotopic (exact) mass is 128 g/mol. The van der Waals surface area contributed by atoms with E-state index in [1.807, 2.05) is 6.92 Å². The number of carbonyl (C=O) groups is 1. The zero-order valence-electron chi connectivity index (χ0n) is 5.72. The summed E-state index contributed by atoms with van der Waals surface area (Å²) in [5, 5.41) is 0. The van der Waals surface area contributed by atoms with E-state index in [0.717, 1.165) is 6.42 Å². The van der Waals surface area contributed by atoms with Gasteiger partial charge in [0, 0.05) is 6.42 Å². The third-order valence-corrected chi connectivity index (χ3v) is 0.752. The van der Waals surface area contributed by atoms with Crippen LogP contribution in [-0.4, -0.2) is 12.1 Å². The highest BCUT2D eigenvalue weighted by atomic mass is 16.5. The molecule has 0 heterocycles. The Morgan fingerprint density at radius 1 is 1.67 bits per heavy atom. The van der Waals surface area contributed by atoms with Crippen LogP contribution in [0.5, 0.6) is 0 Å². The Morgan fingerprint density at radius 2 is 2.22 bits per heavy atom. The fourth-order valence-electron chi connectivity index (χ4n) is 0.449. The first kappa shape index (κ1) is 8.47. The summed E-state index contributed by atoms with van der Waals surface area (Å²) < 4.78 is 4.63. The minimum Gasteiger partial charge on any atom is -0.462 e. The number of hydrogen-bond donors (Lipinski definition) is 0. The first-order valence-electron chi connectivity index (χ1n) is 3.02. The maximum Gasteiger partial charge on any atom is 0.306 e. The molecule has 0 rings (SSSR count). The van der Waals surface area contributed by atoms with Crippen molar-refractivity contribution in [2.45, 2.75) is 25.9 Å². The van der Waals surface area contributed by atoms with E-state index in [1.54, 1.807) is 0 Å². The molecule has 52 valence electrons. The van der Waals surface area contributed by atoms with Gasteiger partial charge in [0.1, 0.15) is 6.10 Å². The van der Waals surface area contributed by atoms with Crippen molar-refractivity contribution in [1.29, 1.82) is 0 Å². The summed E-state index contributed by atoms with van der Waals surface area (Å²) in [7, 11) is 0. The van der Waals surface area contributed by atoms with Crippen molar-refractivity contribution in [3.63, 3.8) is 0 Å². The fourth-order valence-corrected chi connectivity index (χ4v) is 0.449. The number of rotatable bonds is 3. The van der Waals surface area contributed by atoms with Crippen LogP contribution in [0.4, 0.5) is 0 Å². The fraction of sp³-hybridized carbons (Fsp3) is 0.571. The molecule has 0 spiro atoms. The molecule has 0 unspecified atom stereocenters. The second kappa shape index (κ2) is 4.36. The first-order chi connectivity index (χ1) is 4.16. The van der Waals surface area contributed by atoms with Crippen molar-refractivity contribution in [3.8, 4) is 0 Å². The van der Waals surface area contributed by atoms with Crippen LogP contribution in [0.1, 0.15) is 19.8 Å². The van der Waals surface area contributed by atoms with Crippen molar-refractivity contribution in [3.05, 3.63) is 13.8 Å². The van der Waals surface area contributed by atoms with Crippen LogP contribution in [0, 0.1) is 13.8 Å². The van der Waals surface area contributed by atoms with Gasteiger partial charge in [-0.25, -0.2) is 0 Å². The molecule has 0 bridgehead atoms. The molecule has 2 radical (unpaired) electrons. The van der Waals surface area contributed by atoms with Crippen LogP contribution in [0.2, 0.25) is 0 Å². The molecule has 9 heavy (non-hydrogen) atoms. The molecule has 0 fully saturated rings. The van der Waals surface area contributed by atoms with E-state index in [1.165, 1.54) is 0 Å². The molecule has 0 amide bonds. The lowest BCUT2D eigenvalue weighted by atomic mass is 10.3. The van der Waals surface area contributed by atoms with E-state index in [4.69, 9.17) is 0 Å². The maximum atomic E-state index is 10.6. The van der Waals surface area contributed by atoms with Gasteiger partial charge in [0.05, 0.1) is 0 Å². The van der Waals surface area contributed by atoms with Crippen molar-refractivity contribution in [1.82, 2.24) is 0 Å². The van der Waals surface area contributed by atoms with E-state index in [9.17, 15) is 4.79 Å². The predicted molar refractivity (Wildman–Crippen MR) is 35.5 cm³/mol. The van der Waals surface area contributed by atoms with Gasteiger partial charge in [0.25, 0.3) is 0 Å². The highest BCUT2D eigenvalue weighted by Crippen LogP contribution is 1.94. The lowest BCUT2D eigenvalue weighted by Crippen LogP contribution is -2.10. The zero-order valence-corrected chi connectivity index (χ0v) is 5.72. The van der Waals surface area contributed by atoms with Gasteiger partial charge in [0.2, 0.25) is 0 Å². The molecule has 2 nitrogen and oxygen atoms in total. The minimum atomic E-state index is -0.468. The second-order valence-electron chi connectivity index (χ2n) is 1.86. The predicted octanol–water partition coefficient (Wildman–Crippen LogP) is 1.37. The highest BCUT2D eigenvalue weighted by molar-refractivity contribution is 5.69. The smallest absolute Gasteiger partial charge is 0.306 e. The van der Waals surface area contributed by atoms with Crippen LogP contribution in [0.15, 0.2) is 0 Å². The topological polar surface area (TPSA) is 26.3 Å². The molecule has 0 aliphatic carbocycles. The van der Waals surface area contributed by atoms with E-state index >= 15 is 0 Å². The maximum absolute atomic E-state index is 10.6.